The fourth-order valence-corrected chi connectivity index (χ4v) is 3.31. The van der Waals surface area contributed by atoms with Crippen molar-refractivity contribution >= 4 is 17.4 Å². The van der Waals surface area contributed by atoms with Gasteiger partial charge in [-0.05, 0) is 31.2 Å². The number of carbonyl (C=O) groups excluding carboxylic acids is 2. The monoisotopic (exact) mass is 331 g/mol. The number of nitrogens with zero attached hydrogens (tertiary/aromatic N) is 3. The van der Waals surface area contributed by atoms with Crippen LogP contribution in [-0.2, 0) is 9.59 Å². The van der Waals surface area contributed by atoms with Crippen LogP contribution in [0.15, 0.2) is 30.0 Å². The molecule has 128 valence electrons. The van der Waals surface area contributed by atoms with Gasteiger partial charge in [-0.1, -0.05) is 19.1 Å². The van der Waals surface area contributed by atoms with E-state index in [-0.39, 0.29) is 17.6 Å². The molecule has 2 aliphatic heterocycles. The van der Waals surface area contributed by atoms with Crippen molar-refractivity contribution in [3.8, 4) is 0 Å². The number of hydrogen-bond donors (Lipinski definition) is 0. The highest BCUT2D eigenvalue weighted by Crippen LogP contribution is 2.32. The van der Waals surface area contributed by atoms with Gasteiger partial charge < -0.3 is 9.80 Å². The minimum atomic E-state index is -0.360. The third kappa shape index (κ3) is 2.82. The van der Waals surface area contributed by atoms with E-state index < -0.39 is 0 Å². The minimum Gasteiger partial charge on any atom is -0.364 e. The van der Waals surface area contributed by atoms with Crippen molar-refractivity contribution in [2.75, 3.05) is 39.3 Å². The van der Waals surface area contributed by atoms with Gasteiger partial charge in [0.1, 0.15) is 11.5 Å². The molecule has 0 unspecified atom stereocenters. The molecule has 5 nitrogen and oxygen atoms in total. The van der Waals surface area contributed by atoms with Crippen LogP contribution < -0.4 is 0 Å². The van der Waals surface area contributed by atoms with Crippen molar-refractivity contribution in [3.63, 3.8) is 0 Å². The van der Waals surface area contributed by atoms with Crippen LogP contribution in [0.5, 0.6) is 0 Å². The lowest BCUT2D eigenvalue weighted by molar-refractivity contribution is -0.137. The van der Waals surface area contributed by atoms with Crippen LogP contribution in [0, 0.1) is 5.82 Å². The Balaban J connectivity index is 2.00. The van der Waals surface area contributed by atoms with Gasteiger partial charge in [-0.15, -0.1) is 0 Å². The Morgan fingerprint density at radius 2 is 1.54 bits per heavy atom. The topological polar surface area (TPSA) is 43.9 Å². The maximum absolute atomic E-state index is 13.2. The second-order valence-corrected chi connectivity index (χ2v) is 6.01. The van der Waals surface area contributed by atoms with Crippen molar-refractivity contribution in [2.45, 2.75) is 13.8 Å². The molecule has 0 aromatic heterocycles. The number of imide groups is 1. The van der Waals surface area contributed by atoms with E-state index in [1.165, 1.54) is 17.0 Å². The molecular weight excluding hydrogens is 309 g/mol. The third-order valence-corrected chi connectivity index (χ3v) is 4.73. The van der Waals surface area contributed by atoms with Crippen LogP contribution in [-0.4, -0.2) is 65.8 Å². The van der Waals surface area contributed by atoms with Gasteiger partial charge in [0, 0.05) is 32.7 Å². The van der Waals surface area contributed by atoms with Gasteiger partial charge in [-0.2, -0.15) is 0 Å². The summed E-state index contributed by atoms with van der Waals surface area (Å²) in [6, 6.07) is 5.78. The first-order valence-electron chi connectivity index (χ1n) is 8.40. The highest BCUT2D eigenvalue weighted by molar-refractivity contribution is 6.35. The molecule has 1 saturated heterocycles. The van der Waals surface area contributed by atoms with Crippen LogP contribution in [0.3, 0.4) is 0 Å². The molecule has 0 bridgehead atoms. The first-order valence-corrected chi connectivity index (χ1v) is 8.40. The van der Waals surface area contributed by atoms with Gasteiger partial charge >= 0.3 is 0 Å². The van der Waals surface area contributed by atoms with Crippen molar-refractivity contribution < 1.29 is 14.0 Å². The zero-order valence-electron chi connectivity index (χ0n) is 14.1. The minimum absolute atomic E-state index is 0.244. The normalized spacial score (nSPS) is 19.6. The van der Waals surface area contributed by atoms with Gasteiger partial charge in [0.05, 0.1) is 5.57 Å². The molecule has 0 aliphatic carbocycles. The molecule has 0 spiro atoms. The highest BCUT2D eigenvalue weighted by atomic mass is 19.1. The summed E-state index contributed by atoms with van der Waals surface area (Å²) in [6.45, 7) is 8.37. The zero-order valence-corrected chi connectivity index (χ0v) is 14.1. The number of halogens is 1. The molecule has 1 aromatic carbocycles. The fraction of sp³-hybridized carbons (Fsp3) is 0.444. The van der Waals surface area contributed by atoms with Crippen LogP contribution in [0.1, 0.15) is 19.4 Å². The summed E-state index contributed by atoms with van der Waals surface area (Å²) in [5.74, 6) is -0.893. The average Bonchev–Trinajstić information content (AvgIpc) is 2.86. The van der Waals surface area contributed by atoms with E-state index in [1.807, 2.05) is 4.90 Å². The number of carbonyl (C=O) groups is 2. The van der Waals surface area contributed by atoms with Gasteiger partial charge in [0.15, 0.2) is 0 Å². The molecule has 1 fully saturated rings. The van der Waals surface area contributed by atoms with Crippen molar-refractivity contribution in [2.24, 2.45) is 0 Å². The molecule has 1 aromatic rings. The largest absolute Gasteiger partial charge is 0.364 e. The number of amides is 2. The summed E-state index contributed by atoms with van der Waals surface area (Å²) in [4.78, 5) is 31.1. The third-order valence-electron chi connectivity index (χ3n) is 4.73. The van der Waals surface area contributed by atoms with Gasteiger partial charge in [-0.25, -0.2) is 4.39 Å². The van der Waals surface area contributed by atoms with Gasteiger partial charge in [0.2, 0.25) is 0 Å². The summed E-state index contributed by atoms with van der Waals surface area (Å²) in [7, 11) is 0. The summed E-state index contributed by atoms with van der Waals surface area (Å²) in [6.07, 6.45) is 0. The van der Waals surface area contributed by atoms with Crippen molar-refractivity contribution in [1.82, 2.24) is 14.7 Å². The first-order chi connectivity index (χ1) is 11.6. The Bertz CT molecular complexity index is 676. The van der Waals surface area contributed by atoms with E-state index in [4.69, 9.17) is 0 Å². The van der Waals surface area contributed by atoms with Crippen molar-refractivity contribution in [1.29, 1.82) is 0 Å². The maximum atomic E-state index is 13.2. The molecule has 2 amide bonds. The number of rotatable bonds is 4. The number of benzene rings is 1. The second-order valence-electron chi connectivity index (χ2n) is 6.01. The fourth-order valence-electron chi connectivity index (χ4n) is 3.31. The Morgan fingerprint density at radius 3 is 2.08 bits per heavy atom. The lowest BCUT2D eigenvalue weighted by Gasteiger charge is -2.35. The predicted octanol–water partition coefficient (Wildman–Crippen LogP) is 1.56. The van der Waals surface area contributed by atoms with E-state index in [1.54, 1.807) is 19.1 Å². The smallest absolute Gasteiger partial charge is 0.277 e. The Kier molecular flexibility index (Phi) is 4.66. The summed E-state index contributed by atoms with van der Waals surface area (Å²) >= 11 is 0. The molecule has 0 N–H and O–H groups in total. The van der Waals surface area contributed by atoms with Crippen LogP contribution in [0.25, 0.3) is 5.57 Å². The van der Waals surface area contributed by atoms with Gasteiger partial charge in [0.25, 0.3) is 11.8 Å². The van der Waals surface area contributed by atoms with E-state index in [0.29, 0.717) is 36.5 Å². The van der Waals surface area contributed by atoms with E-state index >= 15 is 0 Å². The van der Waals surface area contributed by atoms with E-state index in [0.717, 1.165) is 19.6 Å². The Morgan fingerprint density at radius 1 is 0.917 bits per heavy atom. The van der Waals surface area contributed by atoms with E-state index in [2.05, 4.69) is 11.8 Å². The predicted molar refractivity (Wildman–Crippen MR) is 89.4 cm³/mol. The molecule has 0 atom stereocenters. The number of likely N-dealkylation sites (N-methyl/N-ethyl adjacent to an activating group) is 2. The molecular formula is C18H22FN3O2. The molecule has 0 saturated carbocycles. The number of piperazine rings is 1. The zero-order chi connectivity index (χ0) is 17.3. The maximum Gasteiger partial charge on any atom is 0.277 e. The quantitative estimate of drug-likeness (QED) is 0.786. The molecule has 24 heavy (non-hydrogen) atoms. The van der Waals surface area contributed by atoms with E-state index in [9.17, 15) is 14.0 Å². The lowest BCUT2D eigenvalue weighted by atomic mass is 10.0. The lowest BCUT2D eigenvalue weighted by Crippen LogP contribution is -2.47. The van der Waals surface area contributed by atoms with Crippen LogP contribution >= 0.6 is 0 Å². The van der Waals surface area contributed by atoms with Crippen molar-refractivity contribution in [3.05, 3.63) is 41.3 Å². The average molecular weight is 331 g/mol. The SMILES string of the molecule is CCN1CCN(C2=C(c3ccc(F)cc3)C(=O)N(CC)C2=O)CC1. The molecule has 2 heterocycles. The standard InChI is InChI=1S/C18H22FN3O2/c1-3-20-9-11-21(12-10-20)16-15(13-5-7-14(19)8-6-13)17(23)22(4-2)18(16)24/h5-8H,3-4,9-12H2,1-2H3. The second kappa shape index (κ2) is 6.73. The molecule has 2 aliphatic rings. The Labute approximate surface area is 141 Å². The first kappa shape index (κ1) is 16.6. The van der Waals surface area contributed by atoms with Gasteiger partial charge in [-0.3, -0.25) is 14.5 Å². The number of hydrogen-bond acceptors (Lipinski definition) is 4. The summed E-state index contributed by atoms with van der Waals surface area (Å²) < 4.78 is 13.2. The summed E-state index contributed by atoms with van der Waals surface area (Å²) in [5, 5.41) is 0. The summed E-state index contributed by atoms with van der Waals surface area (Å²) in [5.41, 5.74) is 1.45. The van der Waals surface area contributed by atoms with Crippen LogP contribution in [0.4, 0.5) is 4.39 Å². The molecule has 0 radical (unpaired) electrons. The Hall–Kier alpha value is -2.21. The molecule has 6 heteroatoms. The highest BCUT2D eigenvalue weighted by Gasteiger charge is 2.41. The molecule has 3 rings (SSSR count). The van der Waals surface area contributed by atoms with Crippen LogP contribution in [0.2, 0.25) is 0 Å².